The molecule has 1 fully saturated rings. The largest absolute Gasteiger partial charge is 0.487 e. The number of aromatic nitrogens is 2. The van der Waals surface area contributed by atoms with Gasteiger partial charge in [0, 0.05) is 58.5 Å². The van der Waals surface area contributed by atoms with Gasteiger partial charge in [0.2, 0.25) is 5.88 Å². The second kappa shape index (κ2) is 11.2. The molecule has 1 aliphatic rings. The summed E-state index contributed by atoms with van der Waals surface area (Å²) in [6.07, 6.45) is 3.79. The minimum absolute atomic E-state index is 0.00268. The molecule has 2 aromatic heterocycles. The molecule has 1 N–H and O–H groups in total. The van der Waals surface area contributed by atoms with E-state index in [1.54, 1.807) is 32.3 Å². The molecular formula is C26H27F2N5O4. The second-order valence-electron chi connectivity index (χ2n) is 8.69. The summed E-state index contributed by atoms with van der Waals surface area (Å²) in [5.41, 5.74) is 0.897. The molecule has 1 aromatic carbocycles. The number of amides is 2. The molecular weight excluding hydrogens is 484 g/mol. The lowest BCUT2D eigenvalue weighted by Gasteiger charge is -2.34. The van der Waals surface area contributed by atoms with Crippen LogP contribution in [0, 0.1) is 11.6 Å². The van der Waals surface area contributed by atoms with Crippen molar-refractivity contribution in [3.63, 3.8) is 0 Å². The van der Waals surface area contributed by atoms with Gasteiger partial charge in [0.15, 0.2) is 17.4 Å². The normalized spacial score (nSPS) is 13.7. The maximum Gasteiger partial charge on any atom is 0.261 e. The van der Waals surface area contributed by atoms with E-state index in [9.17, 15) is 18.4 Å². The first-order valence-electron chi connectivity index (χ1n) is 11.7. The van der Waals surface area contributed by atoms with Gasteiger partial charge in [-0.05, 0) is 30.3 Å². The van der Waals surface area contributed by atoms with Crippen LogP contribution >= 0.6 is 0 Å². The highest BCUT2D eigenvalue weighted by molar-refractivity contribution is 6.08. The second-order valence-corrected chi connectivity index (χ2v) is 8.69. The van der Waals surface area contributed by atoms with Crippen molar-refractivity contribution >= 4 is 23.3 Å². The quantitative estimate of drug-likeness (QED) is 0.516. The first-order valence-corrected chi connectivity index (χ1v) is 11.7. The number of halogens is 2. The van der Waals surface area contributed by atoms with E-state index in [1.807, 2.05) is 4.90 Å². The van der Waals surface area contributed by atoms with E-state index in [0.29, 0.717) is 43.0 Å². The monoisotopic (exact) mass is 511 g/mol. The smallest absolute Gasteiger partial charge is 0.261 e. The van der Waals surface area contributed by atoms with Gasteiger partial charge in [-0.25, -0.2) is 18.7 Å². The van der Waals surface area contributed by atoms with Crippen molar-refractivity contribution in [3.8, 4) is 11.6 Å². The zero-order valence-corrected chi connectivity index (χ0v) is 20.7. The number of pyridine rings is 2. The van der Waals surface area contributed by atoms with Crippen molar-refractivity contribution in [1.29, 1.82) is 0 Å². The number of anilines is 2. The van der Waals surface area contributed by atoms with Crippen molar-refractivity contribution in [1.82, 2.24) is 14.9 Å². The van der Waals surface area contributed by atoms with Crippen LogP contribution in [0.1, 0.15) is 33.6 Å². The van der Waals surface area contributed by atoms with E-state index >= 15 is 0 Å². The van der Waals surface area contributed by atoms with Crippen LogP contribution in [0.5, 0.6) is 11.6 Å². The number of ether oxygens (including phenoxy) is 2. The number of nitrogens with one attached hydrogen (secondary N) is 1. The number of rotatable bonds is 7. The average molecular weight is 512 g/mol. The minimum Gasteiger partial charge on any atom is -0.487 e. The van der Waals surface area contributed by atoms with Crippen LogP contribution in [0.15, 0.2) is 48.8 Å². The fourth-order valence-corrected chi connectivity index (χ4v) is 4.03. The Morgan fingerprint density at radius 3 is 2.54 bits per heavy atom. The molecule has 194 valence electrons. The molecule has 1 saturated heterocycles. The molecule has 0 radical (unpaired) electrons. The Bertz CT molecular complexity index is 1300. The van der Waals surface area contributed by atoms with E-state index in [0.717, 1.165) is 12.1 Å². The van der Waals surface area contributed by atoms with Crippen LogP contribution in [0.4, 0.5) is 20.3 Å². The van der Waals surface area contributed by atoms with Crippen LogP contribution in [0.3, 0.4) is 0 Å². The Hall–Kier alpha value is -4.28. The van der Waals surface area contributed by atoms with Crippen molar-refractivity contribution in [2.45, 2.75) is 18.9 Å². The van der Waals surface area contributed by atoms with Crippen molar-refractivity contribution in [2.75, 3.05) is 44.5 Å². The molecule has 3 aromatic rings. The average Bonchev–Trinajstić information content (AvgIpc) is 2.90. The summed E-state index contributed by atoms with van der Waals surface area (Å²) in [5.74, 6) is -1.49. The van der Waals surface area contributed by atoms with Gasteiger partial charge in [-0.15, -0.1) is 0 Å². The Labute approximate surface area is 213 Å². The highest BCUT2D eigenvalue weighted by Crippen LogP contribution is 2.30. The van der Waals surface area contributed by atoms with E-state index < -0.39 is 17.5 Å². The molecule has 0 atom stereocenters. The van der Waals surface area contributed by atoms with Gasteiger partial charge in [0.25, 0.3) is 11.8 Å². The summed E-state index contributed by atoms with van der Waals surface area (Å²) >= 11 is 0. The van der Waals surface area contributed by atoms with Crippen LogP contribution in [-0.4, -0.2) is 67.1 Å². The number of hydrogen-bond acceptors (Lipinski definition) is 7. The first-order chi connectivity index (χ1) is 17.8. The molecule has 37 heavy (non-hydrogen) atoms. The number of benzene rings is 1. The zero-order valence-electron chi connectivity index (χ0n) is 20.7. The number of nitrogens with zero attached hydrogens (tertiary/aromatic N) is 4. The van der Waals surface area contributed by atoms with E-state index in [1.165, 1.54) is 30.5 Å². The maximum atomic E-state index is 14.0. The van der Waals surface area contributed by atoms with Gasteiger partial charge >= 0.3 is 0 Å². The number of carbonyl (C=O) groups is 2. The first kappa shape index (κ1) is 25.8. The minimum atomic E-state index is -0.749. The summed E-state index contributed by atoms with van der Waals surface area (Å²) in [5, 5.41) is 2.85. The SMILES string of the molecule is COc1ncccc1C(=O)Nc1cc(C(=O)N(C)C)cnc1N1CCC(Oc2ccc(F)cc2F)CC1. The maximum absolute atomic E-state index is 14.0. The highest BCUT2D eigenvalue weighted by atomic mass is 19.1. The molecule has 0 bridgehead atoms. The third-order valence-corrected chi connectivity index (χ3v) is 5.91. The Morgan fingerprint density at radius 2 is 1.86 bits per heavy atom. The number of carbonyl (C=O) groups excluding carboxylic acids is 2. The summed E-state index contributed by atoms with van der Waals surface area (Å²) in [6.45, 7) is 1.00. The predicted molar refractivity (Wildman–Crippen MR) is 133 cm³/mol. The lowest BCUT2D eigenvalue weighted by molar-refractivity contribution is 0.0826. The van der Waals surface area contributed by atoms with Gasteiger partial charge in [-0.1, -0.05) is 0 Å². The number of hydrogen-bond donors (Lipinski definition) is 1. The molecule has 3 heterocycles. The van der Waals surface area contributed by atoms with Gasteiger partial charge < -0.3 is 24.6 Å². The molecule has 0 spiro atoms. The van der Waals surface area contributed by atoms with E-state index in [2.05, 4.69) is 15.3 Å². The summed E-state index contributed by atoms with van der Waals surface area (Å²) in [6, 6.07) is 8.01. The summed E-state index contributed by atoms with van der Waals surface area (Å²) in [4.78, 5) is 37.6. The Morgan fingerprint density at radius 1 is 1.11 bits per heavy atom. The van der Waals surface area contributed by atoms with E-state index in [4.69, 9.17) is 9.47 Å². The van der Waals surface area contributed by atoms with Crippen molar-refractivity contribution < 1.29 is 27.8 Å². The summed E-state index contributed by atoms with van der Waals surface area (Å²) in [7, 11) is 4.68. The standard InChI is InChI=1S/C26H27F2N5O4/c1-32(2)26(35)16-13-21(31-24(34)19-5-4-10-29-25(19)36-3)23(30-15-16)33-11-8-18(9-12-33)37-22-7-6-17(27)14-20(22)28/h4-7,10,13-15,18H,8-9,11-12H2,1-3H3,(H,31,34). The molecule has 0 unspecified atom stereocenters. The van der Waals surface area contributed by atoms with Crippen LogP contribution < -0.4 is 19.7 Å². The number of piperidine rings is 1. The van der Waals surface area contributed by atoms with Crippen LogP contribution in [0.2, 0.25) is 0 Å². The van der Waals surface area contributed by atoms with Gasteiger partial charge in [-0.2, -0.15) is 0 Å². The molecule has 9 nitrogen and oxygen atoms in total. The fraction of sp³-hybridized carbons (Fsp3) is 0.308. The molecule has 4 rings (SSSR count). The highest BCUT2D eigenvalue weighted by Gasteiger charge is 2.26. The lowest BCUT2D eigenvalue weighted by Crippen LogP contribution is -2.39. The zero-order chi connectivity index (χ0) is 26.5. The Balaban J connectivity index is 1.55. The fourth-order valence-electron chi connectivity index (χ4n) is 4.03. The van der Waals surface area contributed by atoms with E-state index in [-0.39, 0.29) is 29.2 Å². The van der Waals surface area contributed by atoms with Crippen LogP contribution in [-0.2, 0) is 0 Å². The van der Waals surface area contributed by atoms with Crippen LogP contribution in [0.25, 0.3) is 0 Å². The number of methoxy groups -OCH3 is 1. The summed E-state index contributed by atoms with van der Waals surface area (Å²) < 4.78 is 38.1. The van der Waals surface area contributed by atoms with Gasteiger partial charge in [0.05, 0.1) is 18.4 Å². The molecule has 1 aliphatic heterocycles. The molecule has 2 amide bonds. The van der Waals surface area contributed by atoms with Crippen molar-refractivity contribution in [2.24, 2.45) is 0 Å². The van der Waals surface area contributed by atoms with Gasteiger partial charge in [0.1, 0.15) is 17.5 Å². The Kier molecular flexibility index (Phi) is 7.80. The molecule has 11 heteroatoms. The third-order valence-electron chi connectivity index (χ3n) is 5.91. The predicted octanol–water partition coefficient (Wildman–Crippen LogP) is 3.77. The molecule has 0 aliphatic carbocycles. The molecule has 0 saturated carbocycles. The van der Waals surface area contributed by atoms with Crippen molar-refractivity contribution in [3.05, 3.63) is 71.6 Å². The third kappa shape index (κ3) is 5.93. The van der Waals surface area contributed by atoms with Gasteiger partial charge in [-0.3, -0.25) is 9.59 Å². The topological polar surface area (TPSA) is 96.9 Å². The lowest BCUT2D eigenvalue weighted by atomic mass is 10.1.